The van der Waals surface area contributed by atoms with E-state index in [9.17, 15) is 0 Å². The Bertz CT molecular complexity index is 1660. The molecule has 1 aliphatic heterocycles. The van der Waals surface area contributed by atoms with Gasteiger partial charge >= 0.3 is 7.12 Å². The molecule has 0 aliphatic carbocycles. The minimum absolute atomic E-state index is 0.390. The van der Waals surface area contributed by atoms with Gasteiger partial charge in [-0.05, 0) is 127 Å². The first-order valence-electron chi connectivity index (χ1n) is 20.2. The molecule has 0 amide bonds. The van der Waals surface area contributed by atoms with Crippen molar-refractivity contribution in [3.8, 4) is 0 Å². The normalized spacial score (nSPS) is 16.1. The Balaban J connectivity index is 1.62. The summed E-state index contributed by atoms with van der Waals surface area (Å²) in [6.07, 6.45) is 0. The molecule has 9 heteroatoms. The molecule has 1 heterocycles. The summed E-state index contributed by atoms with van der Waals surface area (Å²) in [4.78, 5) is 4.03. The number of thioether (sulfide) groups is 3. The van der Waals surface area contributed by atoms with Crippen LogP contribution in [0.15, 0.2) is 112 Å². The van der Waals surface area contributed by atoms with Crippen LogP contribution < -0.4 is 5.46 Å². The second-order valence-electron chi connectivity index (χ2n) is 20.0. The van der Waals surface area contributed by atoms with Crippen LogP contribution in [0, 0.1) is 0 Å². The Labute approximate surface area is 351 Å². The maximum Gasteiger partial charge on any atom is 0.494 e. The van der Waals surface area contributed by atoms with E-state index in [4.69, 9.17) is 9.31 Å². The molecule has 0 radical (unpaired) electrons. The van der Waals surface area contributed by atoms with E-state index < -0.39 is 48.0 Å². The maximum atomic E-state index is 6.51. The number of hydrogen-bond donors (Lipinski definition) is 0. The van der Waals surface area contributed by atoms with E-state index in [1.54, 1.807) is 0 Å². The van der Waals surface area contributed by atoms with E-state index in [-0.39, 0.29) is 0 Å². The SMILES string of the molecule is CC1(C)OB(c2ccc(C(c3ccc(SCC[Si](C)(C)C)cc3)(c3ccc(SCC[Si](C)(C)C)cc3)c3ccc(SCC[Si](C)(C)C)cc3)cc2)OC1(C)C. The lowest BCUT2D eigenvalue weighted by Gasteiger charge is -2.37. The fraction of sp³-hybridized carbons (Fsp3) is 0.478. The van der Waals surface area contributed by atoms with Crippen LogP contribution in [0.2, 0.25) is 77.1 Å². The first-order chi connectivity index (χ1) is 25.6. The van der Waals surface area contributed by atoms with Crippen LogP contribution in [0.5, 0.6) is 0 Å². The van der Waals surface area contributed by atoms with Gasteiger partial charge in [-0.25, -0.2) is 0 Å². The van der Waals surface area contributed by atoms with Crippen molar-refractivity contribution in [2.45, 2.75) is 136 Å². The van der Waals surface area contributed by atoms with Gasteiger partial charge < -0.3 is 9.31 Å². The standard InChI is InChI=1S/C46H67BO2S3Si3/c1-44(2)45(3,4)49-47(48-44)40-22-14-36(15-23-40)46(37-16-24-41(25-17-37)50-30-33-53(5,6)7,38-18-26-42(27-19-38)51-31-34-54(8,9)10)39-20-28-43(29-21-39)52-32-35-55(11,12)13/h14-29H,30-35H2,1-13H3. The molecule has 0 bridgehead atoms. The summed E-state index contributed by atoms with van der Waals surface area (Å²) >= 11 is 6.00. The van der Waals surface area contributed by atoms with Gasteiger partial charge in [0.1, 0.15) is 0 Å². The van der Waals surface area contributed by atoms with Gasteiger partial charge in [-0.15, -0.1) is 35.3 Å². The molecule has 0 unspecified atom stereocenters. The van der Waals surface area contributed by atoms with E-state index in [1.807, 2.05) is 35.3 Å². The summed E-state index contributed by atoms with van der Waals surface area (Å²) in [5.41, 5.74) is 4.82. The van der Waals surface area contributed by atoms with Crippen LogP contribution in [0.3, 0.4) is 0 Å². The van der Waals surface area contributed by atoms with Gasteiger partial charge in [0.25, 0.3) is 0 Å². The summed E-state index contributed by atoms with van der Waals surface area (Å²) in [7, 11) is -3.70. The van der Waals surface area contributed by atoms with Gasteiger partial charge in [0, 0.05) is 38.9 Å². The van der Waals surface area contributed by atoms with E-state index in [2.05, 4.69) is 184 Å². The van der Waals surface area contributed by atoms with Crippen LogP contribution in [-0.4, -0.2) is 59.8 Å². The van der Waals surface area contributed by atoms with Crippen molar-refractivity contribution in [3.05, 3.63) is 119 Å². The predicted octanol–water partition coefficient (Wildman–Crippen LogP) is 13.7. The summed E-state index contributed by atoms with van der Waals surface area (Å²) in [5, 5.41) is 0. The Morgan fingerprint density at radius 3 is 0.945 bits per heavy atom. The first-order valence-corrected chi connectivity index (χ1v) is 34.3. The second kappa shape index (κ2) is 17.8. The largest absolute Gasteiger partial charge is 0.494 e. The maximum absolute atomic E-state index is 6.51. The van der Waals surface area contributed by atoms with E-state index >= 15 is 0 Å². The molecule has 1 saturated heterocycles. The molecule has 55 heavy (non-hydrogen) atoms. The lowest BCUT2D eigenvalue weighted by atomic mass is 9.64. The van der Waals surface area contributed by atoms with Gasteiger partial charge in [-0.1, -0.05) is 120 Å². The highest BCUT2D eigenvalue weighted by Gasteiger charge is 2.52. The van der Waals surface area contributed by atoms with Gasteiger partial charge in [0.05, 0.1) is 16.6 Å². The van der Waals surface area contributed by atoms with Gasteiger partial charge in [-0.2, -0.15) is 0 Å². The van der Waals surface area contributed by atoms with Crippen LogP contribution in [0.1, 0.15) is 49.9 Å². The fourth-order valence-corrected chi connectivity index (χ4v) is 17.0. The molecule has 5 rings (SSSR count). The van der Waals surface area contributed by atoms with E-state index in [0.29, 0.717) is 0 Å². The van der Waals surface area contributed by atoms with Crippen molar-refractivity contribution in [2.75, 3.05) is 17.3 Å². The average molecular weight is 843 g/mol. The average Bonchev–Trinajstić information content (AvgIpc) is 3.31. The van der Waals surface area contributed by atoms with Crippen molar-refractivity contribution >= 4 is 72.1 Å². The Hall–Kier alpha value is -1.43. The van der Waals surface area contributed by atoms with Crippen LogP contribution in [0.4, 0.5) is 0 Å². The Kier molecular flexibility index (Phi) is 14.5. The molecular formula is C46H67BO2S3Si3. The summed E-state index contributed by atoms with van der Waals surface area (Å²) in [5.74, 6) is 3.52. The predicted molar refractivity (Wildman–Crippen MR) is 257 cm³/mol. The molecule has 4 aromatic carbocycles. The molecular weight excluding hydrogens is 776 g/mol. The van der Waals surface area contributed by atoms with Crippen molar-refractivity contribution in [1.82, 2.24) is 0 Å². The Morgan fingerprint density at radius 2 is 0.691 bits per heavy atom. The smallest absolute Gasteiger partial charge is 0.399 e. The minimum atomic E-state index is -1.10. The van der Waals surface area contributed by atoms with Crippen LogP contribution in [-0.2, 0) is 14.7 Å². The molecule has 4 aromatic rings. The van der Waals surface area contributed by atoms with Crippen molar-refractivity contribution < 1.29 is 9.31 Å². The van der Waals surface area contributed by atoms with Crippen LogP contribution >= 0.6 is 35.3 Å². The lowest BCUT2D eigenvalue weighted by Crippen LogP contribution is -2.41. The van der Waals surface area contributed by atoms with Crippen LogP contribution in [0.25, 0.3) is 0 Å². The third-order valence-electron chi connectivity index (χ3n) is 11.1. The van der Waals surface area contributed by atoms with E-state index in [1.165, 1.54) is 72.3 Å². The molecule has 1 fully saturated rings. The molecule has 0 aromatic heterocycles. The first kappa shape index (κ1) is 44.7. The van der Waals surface area contributed by atoms with Crippen molar-refractivity contribution in [1.29, 1.82) is 0 Å². The molecule has 296 valence electrons. The van der Waals surface area contributed by atoms with Gasteiger partial charge in [-0.3, -0.25) is 0 Å². The minimum Gasteiger partial charge on any atom is -0.399 e. The summed E-state index contributed by atoms with van der Waals surface area (Å²) in [6, 6.07) is 41.6. The third kappa shape index (κ3) is 11.8. The highest BCUT2D eigenvalue weighted by molar-refractivity contribution is 7.99. The zero-order chi connectivity index (χ0) is 40.3. The fourth-order valence-electron chi connectivity index (χ4n) is 6.70. The zero-order valence-electron chi connectivity index (χ0n) is 36.1. The summed E-state index contributed by atoms with van der Waals surface area (Å²) in [6.45, 7) is 30.7. The van der Waals surface area contributed by atoms with Crippen molar-refractivity contribution in [3.63, 3.8) is 0 Å². The molecule has 0 spiro atoms. The highest BCUT2D eigenvalue weighted by Crippen LogP contribution is 2.47. The number of hydrogen-bond acceptors (Lipinski definition) is 5. The second-order valence-corrected chi connectivity index (χ2v) is 40.4. The monoisotopic (exact) mass is 842 g/mol. The quantitative estimate of drug-likeness (QED) is 0.0597. The number of rotatable bonds is 17. The third-order valence-corrected chi connectivity index (χ3v) is 20.5. The molecule has 0 atom stereocenters. The lowest BCUT2D eigenvalue weighted by molar-refractivity contribution is 0.00578. The molecule has 1 aliphatic rings. The Morgan fingerprint density at radius 1 is 0.436 bits per heavy atom. The molecule has 0 saturated carbocycles. The van der Waals surface area contributed by atoms with Gasteiger partial charge in [0.2, 0.25) is 0 Å². The molecule has 2 nitrogen and oxygen atoms in total. The van der Waals surface area contributed by atoms with Gasteiger partial charge in [0.15, 0.2) is 0 Å². The topological polar surface area (TPSA) is 18.5 Å². The zero-order valence-corrected chi connectivity index (χ0v) is 41.5. The summed E-state index contributed by atoms with van der Waals surface area (Å²) < 4.78 is 13.0. The van der Waals surface area contributed by atoms with E-state index in [0.717, 1.165) is 5.46 Å². The number of benzene rings is 4. The highest BCUT2D eigenvalue weighted by atomic mass is 32.2. The molecule has 0 N–H and O–H groups in total. The van der Waals surface area contributed by atoms with Crippen molar-refractivity contribution in [2.24, 2.45) is 0 Å².